The van der Waals surface area contributed by atoms with E-state index in [9.17, 15) is 9.59 Å². The molecule has 2 aliphatic rings. The van der Waals surface area contributed by atoms with E-state index < -0.39 is 23.9 Å². The predicted octanol–water partition coefficient (Wildman–Crippen LogP) is 2.68. The Morgan fingerprint density at radius 2 is 1.37 bits per heavy atom. The van der Waals surface area contributed by atoms with Gasteiger partial charge in [-0.15, -0.1) is 0 Å². The van der Waals surface area contributed by atoms with E-state index in [1.54, 1.807) is 9.80 Å². The third-order valence-electron chi connectivity index (χ3n) is 5.90. The van der Waals surface area contributed by atoms with Gasteiger partial charge in [0, 0.05) is 31.7 Å². The van der Waals surface area contributed by atoms with E-state index >= 15 is 0 Å². The summed E-state index contributed by atoms with van der Waals surface area (Å²) in [4.78, 5) is 28.5. The van der Waals surface area contributed by atoms with E-state index in [4.69, 9.17) is 14.0 Å². The highest BCUT2D eigenvalue weighted by atomic mass is 16.7. The van der Waals surface area contributed by atoms with E-state index in [2.05, 4.69) is 0 Å². The van der Waals surface area contributed by atoms with Crippen molar-refractivity contribution in [2.75, 3.05) is 26.2 Å². The number of nitrogens with zero attached hydrogens (tertiary/aromatic N) is 2. The summed E-state index contributed by atoms with van der Waals surface area (Å²) in [5, 5.41) is 0. The number of ether oxygens (including phenoxy) is 1. The second-order valence-corrected chi connectivity index (χ2v) is 9.97. The molecule has 0 N–H and O–H groups in total. The van der Waals surface area contributed by atoms with E-state index in [1.807, 2.05) is 72.7 Å². The molecule has 2 saturated heterocycles. The van der Waals surface area contributed by atoms with Gasteiger partial charge in [0.2, 0.25) is 0 Å². The van der Waals surface area contributed by atoms with Crippen LogP contribution in [0.15, 0.2) is 24.3 Å². The standard InChI is InChI=1S/C22H33BN2O5/c1-20(2,3)28-19(27)25-14-12-24(13-15-25)18(26)16-8-10-17(11-9-16)23-29-21(4,5)22(6,7)30-23/h8-11H,12-15H2,1-7H3. The van der Waals surface area contributed by atoms with Crippen LogP contribution >= 0.6 is 0 Å². The minimum Gasteiger partial charge on any atom is -0.444 e. The van der Waals surface area contributed by atoms with Crippen molar-refractivity contribution in [2.24, 2.45) is 0 Å². The second-order valence-electron chi connectivity index (χ2n) is 9.97. The van der Waals surface area contributed by atoms with Crippen LogP contribution in [0.1, 0.15) is 58.8 Å². The number of carbonyl (C=O) groups is 2. The predicted molar refractivity (Wildman–Crippen MR) is 116 cm³/mol. The molecule has 30 heavy (non-hydrogen) atoms. The van der Waals surface area contributed by atoms with Gasteiger partial charge in [0.1, 0.15) is 5.60 Å². The fourth-order valence-electron chi connectivity index (χ4n) is 3.36. The van der Waals surface area contributed by atoms with Crippen molar-refractivity contribution in [1.82, 2.24) is 9.80 Å². The summed E-state index contributed by atoms with van der Waals surface area (Å²) in [7, 11) is -0.448. The van der Waals surface area contributed by atoms with Gasteiger partial charge in [-0.1, -0.05) is 12.1 Å². The first-order chi connectivity index (χ1) is 13.8. The Hall–Kier alpha value is -2.06. The number of amides is 2. The summed E-state index contributed by atoms with van der Waals surface area (Å²) in [6.45, 7) is 15.5. The van der Waals surface area contributed by atoms with Gasteiger partial charge in [0.25, 0.3) is 5.91 Å². The van der Waals surface area contributed by atoms with Crippen molar-refractivity contribution in [3.05, 3.63) is 29.8 Å². The summed E-state index contributed by atoms with van der Waals surface area (Å²) in [5.74, 6) is -0.0423. The van der Waals surface area contributed by atoms with Crippen LogP contribution in [0.4, 0.5) is 4.79 Å². The zero-order valence-corrected chi connectivity index (χ0v) is 19.2. The molecule has 0 saturated carbocycles. The lowest BCUT2D eigenvalue weighted by molar-refractivity contribution is 0.00578. The van der Waals surface area contributed by atoms with Gasteiger partial charge in [0.15, 0.2) is 0 Å². The lowest BCUT2D eigenvalue weighted by Gasteiger charge is -2.35. The number of rotatable bonds is 2. The van der Waals surface area contributed by atoms with Gasteiger partial charge in [-0.2, -0.15) is 0 Å². The van der Waals surface area contributed by atoms with Crippen molar-refractivity contribution in [3.8, 4) is 0 Å². The van der Waals surface area contributed by atoms with Gasteiger partial charge in [-0.25, -0.2) is 4.79 Å². The Morgan fingerprint density at radius 3 is 1.83 bits per heavy atom. The van der Waals surface area contributed by atoms with Crippen LogP contribution in [-0.2, 0) is 14.0 Å². The Morgan fingerprint density at radius 1 is 0.900 bits per heavy atom. The van der Waals surface area contributed by atoms with Crippen molar-refractivity contribution < 1.29 is 23.6 Å². The quantitative estimate of drug-likeness (QED) is 0.694. The topological polar surface area (TPSA) is 68.3 Å². The maximum Gasteiger partial charge on any atom is 0.494 e. The van der Waals surface area contributed by atoms with Crippen LogP contribution in [0, 0.1) is 0 Å². The number of hydrogen-bond donors (Lipinski definition) is 0. The summed E-state index contributed by atoms with van der Waals surface area (Å²) in [6.07, 6.45) is -0.332. The lowest BCUT2D eigenvalue weighted by Crippen LogP contribution is -2.51. The zero-order chi connectivity index (χ0) is 22.3. The van der Waals surface area contributed by atoms with Crippen molar-refractivity contribution in [3.63, 3.8) is 0 Å². The van der Waals surface area contributed by atoms with Gasteiger partial charge >= 0.3 is 13.2 Å². The maximum absolute atomic E-state index is 12.9. The van der Waals surface area contributed by atoms with Gasteiger partial charge in [0.05, 0.1) is 11.2 Å². The summed E-state index contributed by atoms with van der Waals surface area (Å²) in [6, 6.07) is 7.38. The molecule has 0 radical (unpaired) electrons. The summed E-state index contributed by atoms with van der Waals surface area (Å²) < 4.78 is 17.5. The van der Waals surface area contributed by atoms with Crippen LogP contribution in [0.3, 0.4) is 0 Å². The van der Waals surface area contributed by atoms with E-state index in [1.165, 1.54) is 0 Å². The number of carbonyl (C=O) groups excluding carboxylic acids is 2. The highest BCUT2D eigenvalue weighted by molar-refractivity contribution is 6.62. The third-order valence-corrected chi connectivity index (χ3v) is 5.90. The minimum absolute atomic E-state index is 0.0423. The first kappa shape index (κ1) is 22.6. The molecule has 164 valence electrons. The molecule has 0 bridgehead atoms. The highest BCUT2D eigenvalue weighted by Gasteiger charge is 2.51. The molecule has 0 atom stereocenters. The zero-order valence-electron chi connectivity index (χ0n) is 19.2. The van der Waals surface area contributed by atoms with Gasteiger partial charge in [-0.05, 0) is 66.1 Å². The second kappa shape index (κ2) is 7.89. The third kappa shape index (κ3) is 4.81. The fourth-order valence-corrected chi connectivity index (χ4v) is 3.36. The molecule has 0 unspecified atom stereocenters. The van der Waals surface area contributed by atoms with Crippen LogP contribution in [-0.4, -0.2) is 71.9 Å². The molecule has 0 aliphatic carbocycles. The molecule has 2 aliphatic heterocycles. The lowest BCUT2D eigenvalue weighted by atomic mass is 9.79. The first-order valence-corrected chi connectivity index (χ1v) is 10.5. The maximum atomic E-state index is 12.9. The van der Waals surface area contributed by atoms with Crippen molar-refractivity contribution >= 4 is 24.6 Å². The molecule has 1 aromatic carbocycles. The largest absolute Gasteiger partial charge is 0.494 e. The van der Waals surface area contributed by atoms with Gasteiger partial charge in [-0.3, -0.25) is 4.79 Å². The van der Waals surface area contributed by atoms with Gasteiger partial charge < -0.3 is 23.8 Å². The number of hydrogen-bond acceptors (Lipinski definition) is 5. The number of benzene rings is 1. The van der Waals surface area contributed by atoms with Crippen LogP contribution in [0.25, 0.3) is 0 Å². The molecule has 1 aromatic rings. The monoisotopic (exact) mass is 416 g/mol. The average Bonchev–Trinajstić information content (AvgIpc) is 2.87. The molecular formula is C22H33BN2O5. The highest BCUT2D eigenvalue weighted by Crippen LogP contribution is 2.36. The van der Waals surface area contributed by atoms with Crippen molar-refractivity contribution in [1.29, 1.82) is 0 Å². The Bertz CT molecular complexity index is 777. The molecule has 0 spiro atoms. The Kier molecular flexibility index (Phi) is 5.95. The Balaban J connectivity index is 1.58. The molecule has 0 aromatic heterocycles. The Labute approximate surface area is 179 Å². The normalized spacial score (nSPS) is 21.0. The summed E-state index contributed by atoms with van der Waals surface area (Å²) >= 11 is 0. The molecule has 2 heterocycles. The SMILES string of the molecule is CC(C)(C)OC(=O)N1CCN(C(=O)c2ccc(B3OC(C)(C)C(C)(C)O3)cc2)CC1. The van der Waals surface area contributed by atoms with E-state index in [-0.39, 0.29) is 12.0 Å². The van der Waals surface area contributed by atoms with E-state index in [0.29, 0.717) is 31.7 Å². The first-order valence-electron chi connectivity index (χ1n) is 10.5. The van der Waals surface area contributed by atoms with Crippen LogP contribution in [0.5, 0.6) is 0 Å². The average molecular weight is 416 g/mol. The summed E-state index contributed by atoms with van der Waals surface area (Å²) in [5.41, 5.74) is 0.170. The molecule has 2 fully saturated rings. The molecule has 7 nitrogen and oxygen atoms in total. The van der Waals surface area contributed by atoms with Crippen LogP contribution < -0.4 is 5.46 Å². The molecule has 2 amide bonds. The number of piperazine rings is 1. The molecule has 8 heteroatoms. The van der Waals surface area contributed by atoms with Crippen LogP contribution in [0.2, 0.25) is 0 Å². The van der Waals surface area contributed by atoms with Crippen molar-refractivity contribution in [2.45, 2.75) is 65.3 Å². The molecular weight excluding hydrogens is 383 g/mol. The fraction of sp³-hybridized carbons (Fsp3) is 0.636. The minimum atomic E-state index is -0.525. The molecule has 3 rings (SSSR count). The van der Waals surface area contributed by atoms with E-state index in [0.717, 1.165) is 5.46 Å². The smallest absolute Gasteiger partial charge is 0.444 e.